The molecule has 0 spiro atoms. The lowest BCUT2D eigenvalue weighted by molar-refractivity contribution is -0.132. The van der Waals surface area contributed by atoms with Crippen LogP contribution in [-0.4, -0.2) is 55.5 Å². The summed E-state index contributed by atoms with van der Waals surface area (Å²) in [5, 5.41) is 7.52. The summed E-state index contributed by atoms with van der Waals surface area (Å²) in [6.45, 7) is 5.49. The Morgan fingerprint density at radius 3 is 2.29 bits per heavy atom. The highest BCUT2D eigenvalue weighted by molar-refractivity contribution is 7.89. The van der Waals surface area contributed by atoms with Crippen LogP contribution in [0.15, 0.2) is 53.4 Å². The van der Waals surface area contributed by atoms with E-state index in [1.165, 1.54) is 4.31 Å². The molecule has 7 nitrogen and oxygen atoms in total. The summed E-state index contributed by atoms with van der Waals surface area (Å²) in [5.74, 6) is 0.354. The Morgan fingerprint density at radius 1 is 1.06 bits per heavy atom. The Labute approximate surface area is 184 Å². The summed E-state index contributed by atoms with van der Waals surface area (Å²) in [6.07, 6.45) is 0.894. The molecule has 0 saturated carbocycles. The van der Waals surface area contributed by atoms with Gasteiger partial charge in [0.1, 0.15) is 5.84 Å². The first-order chi connectivity index (χ1) is 14.7. The molecule has 0 atom stereocenters. The molecule has 1 saturated heterocycles. The van der Waals surface area contributed by atoms with Crippen LogP contribution in [0.1, 0.15) is 42.9 Å². The van der Waals surface area contributed by atoms with Crippen molar-refractivity contribution in [3.8, 4) is 0 Å². The molecule has 3 N–H and O–H groups in total. The van der Waals surface area contributed by atoms with Gasteiger partial charge in [-0.15, -0.1) is 0 Å². The van der Waals surface area contributed by atoms with Crippen molar-refractivity contribution in [3.05, 3.63) is 65.2 Å². The average Bonchev–Trinajstić information content (AvgIpc) is 2.77. The summed E-state index contributed by atoms with van der Waals surface area (Å²) < 4.78 is 27.3. The first-order valence-corrected chi connectivity index (χ1v) is 11.9. The molecule has 166 valence electrons. The van der Waals surface area contributed by atoms with Gasteiger partial charge in [0.25, 0.3) is 0 Å². The minimum absolute atomic E-state index is 0.00403. The molecule has 0 aliphatic carbocycles. The van der Waals surface area contributed by atoms with Gasteiger partial charge in [-0.25, -0.2) is 8.42 Å². The molecule has 1 amide bonds. The number of nitrogens with one attached hydrogen (secondary N) is 1. The van der Waals surface area contributed by atoms with Gasteiger partial charge in [-0.2, -0.15) is 4.31 Å². The molecule has 1 heterocycles. The van der Waals surface area contributed by atoms with Gasteiger partial charge in [-0.1, -0.05) is 44.2 Å². The molecule has 1 aliphatic heterocycles. The molecule has 8 heteroatoms. The molecular weight excluding hydrogens is 412 g/mol. The topological polar surface area (TPSA) is 108 Å². The number of carbonyl (C=O) groups is 1. The van der Waals surface area contributed by atoms with Crippen molar-refractivity contribution in [1.82, 2.24) is 9.21 Å². The maximum absolute atomic E-state index is 12.9. The van der Waals surface area contributed by atoms with Gasteiger partial charge in [0.15, 0.2) is 0 Å². The number of nitrogen functional groups attached to an aromatic ring is 1. The average molecular weight is 443 g/mol. The number of piperazine rings is 1. The quantitative estimate of drug-likeness (QED) is 0.507. The second-order valence-electron chi connectivity index (χ2n) is 8.12. The SMILES string of the molecule is CC(C)c1ccc(S(=O)(=O)N2CCN(C(=O)CCc3cccc(C(=N)N)c3)CC2)cc1. The molecular formula is C23H30N4O3S. The number of benzene rings is 2. The molecule has 0 radical (unpaired) electrons. The van der Waals surface area contributed by atoms with E-state index in [1.54, 1.807) is 23.1 Å². The van der Waals surface area contributed by atoms with Crippen molar-refractivity contribution in [3.63, 3.8) is 0 Å². The smallest absolute Gasteiger partial charge is 0.243 e. The summed E-state index contributed by atoms with van der Waals surface area (Å²) >= 11 is 0. The third-order valence-corrected chi connectivity index (χ3v) is 7.55. The van der Waals surface area contributed by atoms with Crippen LogP contribution in [0.5, 0.6) is 0 Å². The number of amidine groups is 1. The molecule has 2 aromatic carbocycles. The van der Waals surface area contributed by atoms with Crippen molar-refractivity contribution in [2.45, 2.75) is 37.5 Å². The minimum Gasteiger partial charge on any atom is -0.384 e. The predicted octanol–water partition coefficient (Wildman–Crippen LogP) is 2.56. The van der Waals surface area contributed by atoms with E-state index in [0.717, 1.165) is 11.1 Å². The highest BCUT2D eigenvalue weighted by atomic mass is 32.2. The van der Waals surface area contributed by atoms with E-state index in [0.29, 0.717) is 55.4 Å². The highest BCUT2D eigenvalue weighted by Crippen LogP contribution is 2.21. The Bertz CT molecular complexity index is 1040. The second-order valence-corrected chi connectivity index (χ2v) is 10.1. The molecule has 1 aliphatic rings. The Hall–Kier alpha value is -2.71. The second kappa shape index (κ2) is 9.62. The first kappa shape index (κ1) is 23.0. The van der Waals surface area contributed by atoms with Crippen molar-refractivity contribution in [2.24, 2.45) is 5.73 Å². The van der Waals surface area contributed by atoms with E-state index in [2.05, 4.69) is 13.8 Å². The van der Waals surface area contributed by atoms with Gasteiger partial charge in [0, 0.05) is 38.2 Å². The van der Waals surface area contributed by atoms with Crippen LogP contribution in [0.25, 0.3) is 0 Å². The van der Waals surface area contributed by atoms with Crippen LogP contribution < -0.4 is 5.73 Å². The van der Waals surface area contributed by atoms with Gasteiger partial charge in [-0.05, 0) is 41.7 Å². The third kappa shape index (κ3) is 5.51. The number of sulfonamides is 1. The first-order valence-electron chi connectivity index (χ1n) is 10.5. The van der Waals surface area contributed by atoms with Crippen molar-refractivity contribution in [2.75, 3.05) is 26.2 Å². The zero-order valence-corrected chi connectivity index (χ0v) is 18.9. The largest absolute Gasteiger partial charge is 0.384 e. The molecule has 0 unspecified atom stereocenters. The van der Waals surface area contributed by atoms with E-state index >= 15 is 0 Å². The number of hydrogen-bond acceptors (Lipinski definition) is 4. The van der Waals surface area contributed by atoms with Crippen LogP contribution in [0.2, 0.25) is 0 Å². The number of aryl methyl sites for hydroxylation is 1. The van der Waals surface area contributed by atoms with E-state index in [4.69, 9.17) is 11.1 Å². The molecule has 0 aromatic heterocycles. The maximum atomic E-state index is 12.9. The maximum Gasteiger partial charge on any atom is 0.243 e. The fraction of sp³-hybridized carbons (Fsp3) is 0.391. The Morgan fingerprint density at radius 2 is 1.71 bits per heavy atom. The van der Waals surface area contributed by atoms with Crippen molar-refractivity contribution < 1.29 is 13.2 Å². The van der Waals surface area contributed by atoms with Crippen LogP contribution in [0.3, 0.4) is 0 Å². The number of carbonyl (C=O) groups excluding carboxylic acids is 1. The van der Waals surface area contributed by atoms with Gasteiger partial charge in [0.05, 0.1) is 4.90 Å². The summed E-state index contributed by atoms with van der Waals surface area (Å²) in [6, 6.07) is 14.4. The van der Waals surface area contributed by atoms with E-state index in [1.807, 2.05) is 30.3 Å². The minimum atomic E-state index is -3.56. The van der Waals surface area contributed by atoms with Gasteiger partial charge >= 0.3 is 0 Å². The standard InChI is InChI=1S/C23H30N4O3S/c1-17(2)19-7-9-21(10-8-19)31(29,30)27-14-12-26(13-15-27)22(28)11-6-18-4-3-5-20(16-18)23(24)25/h3-5,7-10,16-17H,6,11-15H2,1-2H3,(H3,24,25). The lowest BCUT2D eigenvalue weighted by atomic mass is 10.0. The summed E-state index contributed by atoms with van der Waals surface area (Å²) in [5.41, 5.74) is 8.22. The van der Waals surface area contributed by atoms with Crippen LogP contribution in [0.4, 0.5) is 0 Å². The van der Waals surface area contributed by atoms with Gasteiger partial charge in [0.2, 0.25) is 15.9 Å². The normalized spacial score (nSPS) is 15.3. The highest BCUT2D eigenvalue weighted by Gasteiger charge is 2.30. The zero-order valence-electron chi connectivity index (χ0n) is 18.0. The fourth-order valence-electron chi connectivity index (χ4n) is 3.66. The summed E-state index contributed by atoms with van der Waals surface area (Å²) in [4.78, 5) is 14.6. The van der Waals surface area contributed by atoms with E-state index in [9.17, 15) is 13.2 Å². The Kier molecular flexibility index (Phi) is 7.12. The monoisotopic (exact) mass is 442 g/mol. The molecule has 3 rings (SSSR count). The molecule has 1 fully saturated rings. The number of nitrogens with two attached hydrogens (primary N) is 1. The van der Waals surface area contributed by atoms with Crippen LogP contribution in [0, 0.1) is 5.41 Å². The van der Waals surface area contributed by atoms with E-state index in [-0.39, 0.29) is 11.7 Å². The number of amides is 1. The Balaban J connectivity index is 1.55. The lowest BCUT2D eigenvalue weighted by Gasteiger charge is -2.34. The van der Waals surface area contributed by atoms with Gasteiger partial charge in [-0.3, -0.25) is 10.2 Å². The van der Waals surface area contributed by atoms with Crippen molar-refractivity contribution >= 4 is 21.8 Å². The lowest BCUT2D eigenvalue weighted by Crippen LogP contribution is -2.50. The molecule has 0 bridgehead atoms. The number of hydrogen-bond donors (Lipinski definition) is 2. The fourth-order valence-corrected chi connectivity index (χ4v) is 5.08. The summed E-state index contributed by atoms with van der Waals surface area (Å²) in [7, 11) is -3.56. The van der Waals surface area contributed by atoms with Crippen molar-refractivity contribution in [1.29, 1.82) is 5.41 Å². The third-order valence-electron chi connectivity index (χ3n) is 5.64. The predicted molar refractivity (Wildman–Crippen MR) is 122 cm³/mol. The molecule has 2 aromatic rings. The van der Waals surface area contributed by atoms with E-state index < -0.39 is 10.0 Å². The number of nitrogens with zero attached hydrogens (tertiary/aromatic N) is 2. The number of rotatable bonds is 7. The zero-order chi connectivity index (χ0) is 22.6. The van der Waals surface area contributed by atoms with Crippen LogP contribution in [-0.2, 0) is 21.2 Å². The van der Waals surface area contributed by atoms with Gasteiger partial charge < -0.3 is 10.6 Å². The van der Waals surface area contributed by atoms with Crippen LogP contribution >= 0.6 is 0 Å². The molecule has 31 heavy (non-hydrogen) atoms.